The number of carbonyl (C=O) groups excluding carboxylic acids is 1. The van der Waals surface area contributed by atoms with Gasteiger partial charge < -0.3 is 10.4 Å². The van der Waals surface area contributed by atoms with Gasteiger partial charge >= 0.3 is 11.9 Å². The second-order valence-electron chi connectivity index (χ2n) is 5.97. The molecule has 0 saturated carbocycles. The molecular formula is C23H17NO3. The number of carboxylic acid groups (broad SMARTS) is 1. The van der Waals surface area contributed by atoms with E-state index in [2.05, 4.69) is 17.2 Å². The van der Waals surface area contributed by atoms with Crippen LogP contribution in [0.5, 0.6) is 0 Å². The number of nitrogens with one attached hydrogen (secondary N) is 1. The van der Waals surface area contributed by atoms with E-state index in [1.54, 1.807) is 12.1 Å². The van der Waals surface area contributed by atoms with E-state index in [-0.39, 0.29) is 11.3 Å². The van der Waals surface area contributed by atoms with Crippen LogP contribution in [0.3, 0.4) is 0 Å². The van der Waals surface area contributed by atoms with Crippen molar-refractivity contribution in [2.75, 3.05) is 5.32 Å². The first kappa shape index (κ1) is 18.0. The van der Waals surface area contributed by atoms with Crippen LogP contribution in [0.2, 0.25) is 0 Å². The standard InChI is InChI=1S/C23H17NO3/c1-16-10-12-18(13-11-16)19-7-3-2-6-17(19)14-15-22(25)24-21-9-5-4-8-20(21)23(26)27/h2-13H,1H3,(H,24,25)(H,26,27). The lowest BCUT2D eigenvalue weighted by atomic mass is 9.99. The summed E-state index contributed by atoms with van der Waals surface area (Å²) < 4.78 is 0. The van der Waals surface area contributed by atoms with Crippen molar-refractivity contribution in [3.63, 3.8) is 0 Å². The lowest BCUT2D eigenvalue weighted by molar-refractivity contribution is -0.111. The average Bonchev–Trinajstić information content (AvgIpc) is 2.67. The molecule has 1 amide bonds. The van der Waals surface area contributed by atoms with E-state index in [0.29, 0.717) is 0 Å². The number of para-hydroxylation sites is 1. The molecule has 4 heteroatoms. The van der Waals surface area contributed by atoms with Crippen LogP contribution in [0, 0.1) is 18.8 Å². The van der Waals surface area contributed by atoms with E-state index in [1.165, 1.54) is 17.7 Å². The highest BCUT2D eigenvalue weighted by atomic mass is 16.4. The number of hydrogen-bond donors (Lipinski definition) is 2. The van der Waals surface area contributed by atoms with Crippen molar-refractivity contribution in [3.8, 4) is 23.0 Å². The minimum absolute atomic E-state index is 0.0210. The van der Waals surface area contributed by atoms with E-state index in [1.807, 2.05) is 55.5 Å². The highest BCUT2D eigenvalue weighted by molar-refractivity contribution is 6.07. The molecule has 0 aliphatic heterocycles. The van der Waals surface area contributed by atoms with Gasteiger partial charge in [0, 0.05) is 11.5 Å². The summed E-state index contributed by atoms with van der Waals surface area (Å²) in [5.74, 6) is 3.75. The Morgan fingerprint density at radius 3 is 2.30 bits per heavy atom. The first-order valence-electron chi connectivity index (χ1n) is 8.36. The van der Waals surface area contributed by atoms with Crippen molar-refractivity contribution in [2.24, 2.45) is 0 Å². The van der Waals surface area contributed by atoms with Gasteiger partial charge in [-0.25, -0.2) is 4.79 Å². The number of rotatable bonds is 3. The molecule has 0 saturated heterocycles. The Balaban J connectivity index is 1.85. The quantitative estimate of drug-likeness (QED) is 0.687. The fraction of sp³-hybridized carbons (Fsp3) is 0.0435. The third-order valence-electron chi connectivity index (χ3n) is 4.01. The summed E-state index contributed by atoms with van der Waals surface area (Å²) in [6.45, 7) is 2.02. The van der Waals surface area contributed by atoms with Crippen molar-refractivity contribution >= 4 is 17.6 Å². The molecule has 0 atom stereocenters. The Morgan fingerprint density at radius 2 is 1.56 bits per heavy atom. The van der Waals surface area contributed by atoms with Crippen molar-refractivity contribution in [3.05, 3.63) is 89.5 Å². The Labute approximate surface area is 157 Å². The molecule has 0 radical (unpaired) electrons. The molecule has 3 aromatic rings. The van der Waals surface area contributed by atoms with Crippen molar-refractivity contribution in [1.29, 1.82) is 0 Å². The molecule has 4 nitrogen and oxygen atoms in total. The molecule has 0 fully saturated rings. The predicted octanol–water partition coefficient (Wildman–Crippen LogP) is 4.35. The molecule has 3 rings (SSSR count). The van der Waals surface area contributed by atoms with Crippen LogP contribution in [-0.4, -0.2) is 17.0 Å². The van der Waals surface area contributed by atoms with Gasteiger partial charge in [0.1, 0.15) is 0 Å². The summed E-state index contributed by atoms with van der Waals surface area (Å²) in [6.07, 6.45) is 0. The third kappa shape index (κ3) is 4.42. The SMILES string of the molecule is Cc1ccc(-c2ccccc2C#CC(=O)Nc2ccccc2C(=O)O)cc1. The monoisotopic (exact) mass is 355 g/mol. The maximum absolute atomic E-state index is 12.2. The summed E-state index contributed by atoms with van der Waals surface area (Å²) in [6, 6.07) is 21.9. The van der Waals surface area contributed by atoms with Gasteiger partial charge in [-0.15, -0.1) is 0 Å². The first-order chi connectivity index (χ1) is 13.0. The highest BCUT2D eigenvalue weighted by Gasteiger charge is 2.10. The van der Waals surface area contributed by atoms with Crippen LogP contribution in [0.25, 0.3) is 11.1 Å². The van der Waals surface area contributed by atoms with Gasteiger partial charge in [-0.05, 0) is 36.2 Å². The van der Waals surface area contributed by atoms with Crippen LogP contribution in [0.15, 0.2) is 72.8 Å². The van der Waals surface area contributed by atoms with Crippen LogP contribution in [0.1, 0.15) is 21.5 Å². The molecule has 3 aromatic carbocycles. The molecule has 0 spiro atoms. The van der Waals surface area contributed by atoms with Crippen LogP contribution >= 0.6 is 0 Å². The predicted molar refractivity (Wildman–Crippen MR) is 106 cm³/mol. The number of aryl methyl sites for hydroxylation is 1. The zero-order chi connectivity index (χ0) is 19.2. The lowest BCUT2D eigenvalue weighted by Crippen LogP contribution is -2.12. The third-order valence-corrected chi connectivity index (χ3v) is 4.01. The van der Waals surface area contributed by atoms with Crippen molar-refractivity contribution < 1.29 is 14.7 Å². The fourth-order valence-electron chi connectivity index (χ4n) is 2.63. The minimum Gasteiger partial charge on any atom is -0.478 e. The van der Waals surface area contributed by atoms with E-state index in [0.717, 1.165) is 16.7 Å². The number of carboxylic acids is 1. The first-order valence-corrected chi connectivity index (χ1v) is 8.36. The summed E-state index contributed by atoms with van der Waals surface area (Å²) in [4.78, 5) is 23.4. The number of carbonyl (C=O) groups is 2. The van der Waals surface area contributed by atoms with Gasteiger partial charge in [-0.2, -0.15) is 0 Å². The Hall–Kier alpha value is -3.84. The molecule has 0 bridgehead atoms. The average molecular weight is 355 g/mol. The van der Waals surface area contributed by atoms with Crippen LogP contribution < -0.4 is 5.32 Å². The van der Waals surface area contributed by atoms with Crippen molar-refractivity contribution in [1.82, 2.24) is 0 Å². The summed E-state index contributed by atoms with van der Waals surface area (Å²) in [5, 5.41) is 11.7. The molecule has 0 aromatic heterocycles. The molecule has 2 N–H and O–H groups in total. The Bertz CT molecular complexity index is 1060. The molecule has 0 unspecified atom stereocenters. The van der Waals surface area contributed by atoms with E-state index >= 15 is 0 Å². The number of aromatic carboxylic acids is 1. The van der Waals surface area contributed by atoms with Gasteiger partial charge in [0.25, 0.3) is 0 Å². The summed E-state index contributed by atoms with van der Waals surface area (Å²) in [7, 11) is 0. The zero-order valence-corrected chi connectivity index (χ0v) is 14.7. The van der Waals surface area contributed by atoms with Crippen LogP contribution in [-0.2, 0) is 4.79 Å². The Kier molecular flexibility index (Phi) is 5.34. The van der Waals surface area contributed by atoms with Gasteiger partial charge in [0.15, 0.2) is 0 Å². The van der Waals surface area contributed by atoms with E-state index in [4.69, 9.17) is 0 Å². The maximum atomic E-state index is 12.2. The van der Waals surface area contributed by atoms with Gasteiger partial charge in [-0.1, -0.05) is 66.1 Å². The van der Waals surface area contributed by atoms with Crippen molar-refractivity contribution in [2.45, 2.75) is 6.92 Å². The van der Waals surface area contributed by atoms with E-state index < -0.39 is 11.9 Å². The largest absolute Gasteiger partial charge is 0.478 e. The lowest BCUT2D eigenvalue weighted by Gasteiger charge is -2.06. The number of hydrogen-bond acceptors (Lipinski definition) is 2. The fourth-order valence-corrected chi connectivity index (χ4v) is 2.63. The van der Waals surface area contributed by atoms with Gasteiger partial charge in [0.05, 0.1) is 11.3 Å². The molecule has 132 valence electrons. The maximum Gasteiger partial charge on any atom is 0.337 e. The molecule has 0 heterocycles. The highest BCUT2D eigenvalue weighted by Crippen LogP contribution is 2.23. The normalized spacial score (nSPS) is 9.81. The Morgan fingerprint density at radius 1 is 0.889 bits per heavy atom. The second kappa shape index (κ2) is 8.03. The van der Waals surface area contributed by atoms with Gasteiger partial charge in [0.2, 0.25) is 0 Å². The molecule has 0 aliphatic rings. The molecule has 27 heavy (non-hydrogen) atoms. The number of anilines is 1. The summed E-state index contributed by atoms with van der Waals surface area (Å²) >= 11 is 0. The smallest absolute Gasteiger partial charge is 0.337 e. The van der Waals surface area contributed by atoms with Gasteiger partial charge in [-0.3, -0.25) is 4.79 Å². The minimum atomic E-state index is -1.11. The zero-order valence-electron chi connectivity index (χ0n) is 14.7. The number of benzene rings is 3. The topological polar surface area (TPSA) is 66.4 Å². The second-order valence-corrected chi connectivity index (χ2v) is 5.97. The molecule has 0 aliphatic carbocycles. The van der Waals surface area contributed by atoms with Crippen LogP contribution in [0.4, 0.5) is 5.69 Å². The molecular weight excluding hydrogens is 338 g/mol. The summed E-state index contributed by atoms with van der Waals surface area (Å²) in [5.41, 5.74) is 4.08. The van der Waals surface area contributed by atoms with E-state index in [9.17, 15) is 14.7 Å². The number of amides is 1.